The fourth-order valence-electron chi connectivity index (χ4n) is 2.25. The maximum Gasteiger partial charge on any atom is 0.284 e. The quantitative estimate of drug-likeness (QED) is 0.690. The van der Waals surface area contributed by atoms with Gasteiger partial charge < -0.3 is 14.4 Å². The molecule has 6 nitrogen and oxygen atoms in total. The first-order valence-corrected chi connectivity index (χ1v) is 7.62. The molecule has 0 bridgehead atoms. The maximum atomic E-state index is 12.1. The van der Waals surface area contributed by atoms with Gasteiger partial charge in [-0.25, -0.2) is 5.43 Å². The SMILES string of the molecule is CN(C)c1ccc(/C=N/NC(=O)[C@@H]2COc3ccccc3O2)cc1. The Bertz CT molecular complexity index is 741. The van der Waals surface area contributed by atoms with E-state index < -0.39 is 6.10 Å². The fourth-order valence-corrected chi connectivity index (χ4v) is 2.25. The van der Waals surface area contributed by atoms with Gasteiger partial charge in [0.1, 0.15) is 6.61 Å². The van der Waals surface area contributed by atoms with Crippen LogP contribution in [-0.4, -0.2) is 38.9 Å². The zero-order valence-corrected chi connectivity index (χ0v) is 13.6. The highest BCUT2D eigenvalue weighted by atomic mass is 16.6. The van der Waals surface area contributed by atoms with Crippen LogP contribution in [-0.2, 0) is 4.79 Å². The highest BCUT2D eigenvalue weighted by Gasteiger charge is 2.26. The summed E-state index contributed by atoms with van der Waals surface area (Å²) in [6.45, 7) is 0.163. The molecule has 0 radical (unpaired) electrons. The third-order valence-corrected chi connectivity index (χ3v) is 3.60. The number of anilines is 1. The number of benzene rings is 2. The normalized spacial score (nSPS) is 16.0. The number of carbonyl (C=O) groups is 1. The van der Waals surface area contributed by atoms with E-state index in [1.54, 1.807) is 18.3 Å². The molecule has 0 saturated carbocycles. The molecule has 6 heteroatoms. The second kappa shape index (κ2) is 7.04. The number of hydrogen-bond donors (Lipinski definition) is 1. The number of nitrogens with one attached hydrogen (secondary N) is 1. The molecule has 2 aromatic rings. The largest absolute Gasteiger partial charge is 0.485 e. The summed E-state index contributed by atoms with van der Waals surface area (Å²) in [4.78, 5) is 14.1. The van der Waals surface area contributed by atoms with Crippen LogP contribution in [0.25, 0.3) is 0 Å². The number of amides is 1. The number of para-hydroxylation sites is 2. The van der Waals surface area contributed by atoms with E-state index in [-0.39, 0.29) is 12.5 Å². The second-order valence-electron chi connectivity index (χ2n) is 5.58. The molecule has 0 saturated heterocycles. The molecule has 3 rings (SSSR count). The van der Waals surface area contributed by atoms with Gasteiger partial charge in [0, 0.05) is 19.8 Å². The van der Waals surface area contributed by atoms with Crippen molar-refractivity contribution in [3.63, 3.8) is 0 Å². The predicted molar refractivity (Wildman–Crippen MR) is 92.9 cm³/mol. The van der Waals surface area contributed by atoms with E-state index >= 15 is 0 Å². The molecule has 0 aliphatic carbocycles. The molecule has 0 fully saturated rings. The van der Waals surface area contributed by atoms with Crippen molar-refractivity contribution in [3.05, 3.63) is 54.1 Å². The number of fused-ring (bicyclic) bond motifs is 1. The van der Waals surface area contributed by atoms with Crippen molar-refractivity contribution in [2.24, 2.45) is 5.10 Å². The summed E-state index contributed by atoms with van der Waals surface area (Å²) in [6, 6.07) is 15.1. The lowest BCUT2D eigenvalue weighted by Crippen LogP contribution is -2.42. The van der Waals surface area contributed by atoms with Crippen molar-refractivity contribution < 1.29 is 14.3 Å². The molecule has 1 heterocycles. The summed E-state index contributed by atoms with van der Waals surface area (Å²) in [5.74, 6) is 0.865. The van der Waals surface area contributed by atoms with Crippen LogP contribution in [0, 0.1) is 0 Å². The van der Waals surface area contributed by atoms with Crippen LogP contribution in [0.5, 0.6) is 11.5 Å². The first kappa shape index (κ1) is 15.9. The zero-order chi connectivity index (χ0) is 16.9. The van der Waals surface area contributed by atoms with Crippen LogP contribution < -0.4 is 19.8 Å². The average Bonchev–Trinajstić information content (AvgIpc) is 2.61. The summed E-state index contributed by atoms with van der Waals surface area (Å²) in [7, 11) is 3.96. The first-order chi connectivity index (χ1) is 11.6. The van der Waals surface area contributed by atoms with Gasteiger partial charge in [-0.1, -0.05) is 24.3 Å². The molecule has 24 heavy (non-hydrogen) atoms. The van der Waals surface area contributed by atoms with Crippen molar-refractivity contribution >= 4 is 17.8 Å². The Labute approximate surface area is 140 Å². The van der Waals surface area contributed by atoms with Crippen molar-refractivity contribution in [1.29, 1.82) is 0 Å². The molecule has 1 aliphatic heterocycles. The van der Waals surface area contributed by atoms with E-state index in [1.807, 2.05) is 55.4 Å². The summed E-state index contributed by atoms with van der Waals surface area (Å²) in [6.07, 6.45) is 0.878. The molecule has 1 N–H and O–H groups in total. The van der Waals surface area contributed by atoms with Gasteiger partial charge in [0.25, 0.3) is 5.91 Å². The van der Waals surface area contributed by atoms with Gasteiger partial charge in [-0.2, -0.15) is 5.10 Å². The molecular weight excluding hydrogens is 306 g/mol. The molecule has 1 atom stereocenters. The summed E-state index contributed by atoms with van der Waals surface area (Å²) >= 11 is 0. The first-order valence-electron chi connectivity index (χ1n) is 7.62. The van der Waals surface area contributed by atoms with Crippen molar-refractivity contribution in [3.8, 4) is 11.5 Å². The second-order valence-corrected chi connectivity index (χ2v) is 5.58. The minimum Gasteiger partial charge on any atom is -0.485 e. The van der Waals surface area contributed by atoms with Crippen LogP contribution >= 0.6 is 0 Å². The topological polar surface area (TPSA) is 63.2 Å². The zero-order valence-electron chi connectivity index (χ0n) is 13.6. The number of hydrazone groups is 1. The highest BCUT2D eigenvalue weighted by molar-refractivity contribution is 5.85. The lowest BCUT2D eigenvalue weighted by molar-refractivity contribution is -0.130. The van der Waals surface area contributed by atoms with E-state index in [1.165, 1.54) is 0 Å². The average molecular weight is 325 g/mol. The third kappa shape index (κ3) is 3.65. The van der Waals surface area contributed by atoms with Crippen LogP contribution in [0.3, 0.4) is 0 Å². The van der Waals surface area contributed by atoms with Gasteiger partial charge in [0.05, 0.1) is 6.21 Å². The molecule has 0 unspecified atom stereocenters. The summed E-state index contributed by atoms with van der Waals surface area (Å²) < 4.78 is 11.1. The van der Waals surface area contributed by atoms with E-state index in [0.717, 1.165) is 11.3 Å². The highest BCUT2D eigenvalue weighted by Crippen LogP contribution is 2.30. The van der Waals surface area contributed by atoms with Gasteiger partial charge in [0.15, 0.2) is 11.5 Å². The molecule has 2 aromatic carbocycles. The number of rotatable bonds is 4. The van der Waals surface area contributed by atoms with Gasteiger partial charge in [-0.15, -0.1) is 0 Å². The number of hydrogen-bond acceptors (Lipinski definition) is 5. The van der Waals surface area contributed by atoms with Crippen LogP contribution in [0.4, 0.5) is 5.69 Å². The smallest absolute Gasteiger partial charge is 0.284 e. The van der Waals surface area contributed by atoms with Gasteiger partial charge in [-0.3, -0.25) is 4.79 Å². The number of nitrogens with zero attached hydrogens (tertiary/aromatic N) is 2. The summed E-state index contributed by atoms with van der Waals surface area (Å²) in [5, 5.41) is 3.97. The van der Waals surface area contributed by atoms with E-state index in [0.29, 0.717) is 11.5 Å². The Balaban J connectivity index is 1.56. The van der Waals surface area contributed by atoms with Crippen molar-refractivity contribution in [2.45, 2.75) is 6.10 Å². The van der Waals surface area contributed by atoms with Crippen LogP contribution in [0.2, 0.25) is 0 Å². The Kier molecular flexibility index (Phi) is 4.65. The summed E-state index contributed by atoms with van der Waals surface area (Å²) in [5.41, 5.74) is 4.48. The molecular formula is C18H19N3O3. The maximum absolute atomic E-state index is 12.1. The number of ether oxygens (including phenoxy) is 2. The van der Waals surface area contributed by atoms with Crippen LogP contribution in [0.15, 0.2) is 53.6 Å². The monoisotopic (exact) mass is 325 g/mol. The van der Waals surface area contributed by atoms with E-state index in [9.17, 15) is 4.79 Å². The van der Waals surface area contributed by atoms with E-state index in [2.05, 4.69) is 10.5 Å². The molecule has 0 spiro atoms. The minimum atomic E-state index is -0.715. The standard InChI is InChI=1S/C18H19N3O3/c1-21(2)14-9-7-13(8-10-14)11-19-20-18(22)17-12-23-15-5-3-4-6-16(15)24-17/h3-11,17H,12H2,1-2H3,(H,20,22)/b19-11+/t17-/m0/s1. The van der Waals surface area contributed by atoms with Gasteiger partial charge in [-0.05, 0) is 29.8 Å². The third-order valence-electron chi connectivity index (χ3n) is 3.60. The molecule has 1 aliphatic rings. The fraction of sp³-hybridized carbons (Fsp3) is 0.222. The Morgan fingerprint density at radius 1 is 1.17 bits per heavy atom. The molecule has 124 valence electrons. The minimum absolute atomic E-state index is 0.163. The lowest BCUT2D eigenvalue weighted by atomic mass is 10.2. The van der Waals surface area contributed by atoms with Crippen molar-refractivity contribution in [1.82, 2.24) is 5.43 Å². The lowest BCUT2D eigenvalue weighted by Gasteiger charge is -2.24. The van der Waals surface area contributed by atoms with Crippen LogP contribution in [0.1, 0.15) is 5.56 Å². The predicted octanol–water partition coefficient (Wildman–Crippen LogP) is 2.04. The van der Waals surface area contributed by atoms with Gasteiger partial charge in [0.2, 0.25) is 6.10 Å². The Hall–Kier alpha value is -3.02. The van der Waals surface area contributed by atoms with Gasteiger partial charge >= 0.3 is 0 Å². The molecule has 1 amide bonds. The van der Waals surface area contributed by atoms with Crippen molar-refractivity contribution in [2.75, 3.05) is 25.6 Å². The Morgan fingerprint density at radius 3 is 2.58 bits per heavy atom. The number of carbonyl (C=O) groups excluding carboxylic acids is 1. The van der Waals surface area contributed by atoms with E-state index in [4.69, 9.17) is 9.47 Å². The molecule has 0 aromatic heterocycles. The Morgan fingerprint density at radius 2 is 1.88 bits per heavy atom.